The first-order chi connectivity index (χ1) is 8.59. The Morgan fingerprint density at radius 1 is 1.22 bits per heavy atom. The summed E-state index contributed by atoms with van der Waals surface area (Å²) >= 11 is 5.67. The van der Waals surface area contributed by atoms with Crippen LogP contribution in [0.5, 0.6) is 0 Å². The van der Waals surface area contributed by atoms with Gasteiger partial charge in [-0.3, -0.25) is 4.79 Å². The van der Waals surface area contributed by atoms with E-state index >= 15 is 0 Å². The van der Waals surface area contributed by atoms with Crippen LogP contribution in [0.3, 0.4) is 0 Å². The van der Waals surface area contributed by atoms with Crippen LogP contribution in [0, 0.1) is 0 Å². The van der Waals surface area contributed by atoms with Gasteiger partial charge in [-0.2, -0.15) is 0 Å². The fourth-order valence-corrected chi connectivity index (χ4v) is 1.88. The Labute approximate surface area is 111 Å². The molecule has 1 unspecified atom stereocenters. The van der Waals surface area contributed by atoms with Crippen molar-refractivity contribution >= 4 is 17.5 Å². The monoisotopic (exact) mass is 263 g/mol. The Balaban J connectivity index is 2.16. The summed E-state index contributed by atoms with van der Waals surface area (Å²) in [5.41, 5.74) is 1.08. The lowest BCUT2D eigenvalue weighted by Gasteiger charge is -2.24. The maximum absolute atomic E-state index is 12.1. The maximum atomic E-state index is 12.1. The van der Waals surface area contributed by atoms with Crippen LogP contribution in [-0.4, -0.2) is 17.9 Å². The van der Waals surface area contributed by atoms with Crippen LogP contribution in [0.15, 0.2) is 46.9 Å². The van der Waals surface area contributed by atoms with E-state index in [9.17, 15) is 4.79 Å². The number of carbonyl (C=O) groups excluding carboxylic acids is 1. The van der Waals surface area contributed by atoms with E-state index in [2.05, 4.69) is 0 Å². The predicted octanol–water partition coefficient (Wildman–Crippen LogP) is 3.77. The third-order valence-electron chi connectivity index (χ3n) is 2.97. The number of hydrogen-bond acceptors (Lipinski definition) is 2. The largest absolute Gasteiger partial charge is 0.440 e. The molecule has 0 saturated heterocycles. The summed E-state index contributed by atoms with van der Waals surface area (Å²) in [6.45, 7) is 1.97. The van der Waals surface area contributed by atoms with Gasteiger partial charge >= 0.3 is 0 Å². The standard InChI is InChI=1S/C14H14ClNO2/c1-10(11-6-4-3-5-7-11)16(2)14(17)12-8-9-13(15)18-12/h3-10H,1-2H3. The van der Waals surface area contributed by atoms with Gasteiger partial charge in [0.1, 0.15) is 0 Å². The SMILES string of the molecule is CC(c1ccccc1)N(C)C(=O)c1ccc(Cl)o1. The van der Waals surface area contributed by atoms with Crippen LogP contribution in [0.2, 0.25) is 5.22 Å². The molecule has 4 heteroatoms. The molecule has 18 heavy (non-hydrogen) atoms. The molecule has 0 fully saturated rings. The van der Waals surface area contributed by atoms with Crippen molar-refractivity contribution in [2.45, 2.75) is 13.0 Å². The van der Waals surface area contributed by atoms with E-state index in [0.717, 1.165) is 5.56 Å². The Hall–Kier alpha value is -1.74. The third kappa shape index (κ3) is 2.57. The molecule has 0 saturated carbocycles. The van der Waals surface area contributed by atoms with Gasteiger partial charge in [-0.15, -0.1) is 0 Å². The number of halogens is 1. The predicted molar refractivity (Wildman–Crippen MR) is 70.7 cm³/mol. The number of rotatable bonds is 3. The lowest BCUT2D eigenvalue weighted by molar-refractivity contribution is 0.0710. The first-order valence-corrected chi connectivity index (χ1v) is 6.05. The highest BCUT2D eigenvalue weighted by molar-refractivity contribution is 6.29. The molecule has 0 aliphatic carbocycles. The van der Waals surface area contributed by atoms with Crippen molar-refractivity contribution in [3.63, 3.8) is 0 Å². The molecule has 94 valence electrons. The minimum atomic E-state index is -0.182. The molecule has 1 atom stereocenters. The minimum Gasteiger partial charge on any atom is -0.440 e. The van der Waals surface area contributed by atoms with E-state index in [1.807, 2.05) is 37.3 Å². The lowest BCUT2D eigenvalue weighted by Crippen LogP contribution is -2.29. The smallest absolute Gasteiger partial charge is 0.289 e. The number of nitrogens with zero attached hydrogens (tertiary/aromatic N) is 1. The average Bonchev–Trinajstić information content (AvgIpc) is 2.84. The van der Waals surface area contributed by atoms with Crippen molar-refractivity contribution in [1.29, 1.82) is 0 Å². The van der Waals surface area contributed by atoms with Gasteiger partial charge in [-0.05, 0) is 36.2 Å². The van der Waals surface area contributed by atoms with Crippen molar-refractivity contribution in [1.82, 2.24) is 4.90 Å². The highest BCUT2D eigenvalue weighted by Gasteiger charge is 2.21. The number of furan rings is 1. The van der Waals surface area contributed by atoms with Gasteiger partial charge < -0.3 is 9.32 Å². The normalized spacial score (nSPS) is 12.2. The Morgan fingerprint density at radius 2 is 1.89 bits per heavy atom. The summed E-state index contributed by atoms with van der Waals surface area (Å²) in [6.07, 6.45) is 0. The molecule has 1 aromatic carbocycles. The Bertz CT molecular complexity index is 536. The fraction of sp³-hybridized carbons (Fsp3) is 0.214. The second-order valence-electron chi connectivity index (χ2n) is 4.11. The van der Waals surface area contributed by atoms with Gasteiger partial charge in [0.15, 0.2) is 11.0 Å². The van der Waals surface area contributed by atoms with Crippen LogP contribution in [0.4, 0.5) is 0 Å². The molecule has 1 aromatic heterocycles. The summed E-state index contributed by atoms with van der Waals surface area (Å²) < 4.78 is 5.13. The highest BCUT2D eigenvalue weighted by atomic mass is 35.5. The molecular weight excluding hydrogens is 250 g/mol. The number of amides is 1. The van der Waals surface area contributed by atoms with Crippen LogP contribution in [0.1, 0.15) is 29.1 Å². The summed E-state index contributed by atoms with van der Waals surface area (Å²) in [4.78, 5) is 13.8. The van der Waals surface area contributed by atoms with Gasteiger partial charge in [0, 0.05) is 7.05 Å². The van der Waals surface area contributed by atoms with Crippen molar-refractivity contribution in [2.75, 3.05) is 7.05 Å². The van der Waals surface area contributed by atoms with Gasteiger partial charge in [0.05, 0.1) is 6.04 Å². The molecule has 1 amide bonds. The summed E-state index contributed by atoms with van der Waals surface area (Å²) in [7, 11) is 1.75. The van der Waals surface area contributed by atoms with Crippen LogP contribution in [-0.2, 0) is 0 Å². The molecule has 0 aliphatic rings. The first kappa shape index (κ1) is 12.7. The van der Waals surface area contributed by atoms with E-state index in [1.54, 1.807) is 24.1 Å². The fourth-order valence-electron chi connectivity index (χ4n) is 1.73. The van der Waals surface area contributed by atoms with E-state index < -0.39 is 0 Å². The third-order valence-corrected chi connectivity index (χ3v) is 3.17. The van der Waals surface area contributed by atoms with E-state index in [4.69, 9.17) is 16.0 Å². The second-order valence-corrected chi connectivity index (χ2v) is 4.48. The Morgan fingerprint density at radius 3 is 2.44 bits per heavy atom. The topological polar surface area (TPSA) is 33.5 Å². The number of benzene rings is 1. The molecule has 0 spiro atoms. The van der Waals surface area contributed by atoms with Gasteiger partial charge in [-0.1, -0.05) is 30.3 Å². The van der Waals surface area contributed by atoms with Gasteiger partial charge in [0.2, 0.25) is 0 Å². The zero-order chi connectivity index (χ0) is 13.1. The van der Waals surface area contributed by atoms with Gasteiger partial charge in [0.25, 0.3) is 5.91 Å². The van der Waals surface area contributed by atoms with Crippen LogP contribution >= 0.6 is 11.6 Å². The quantitative estimate of drug-likeness (QED) is 0.845. The average molecular weight is 264 g/mol. The lowest BCUT2D eigenvalue weighted by atomic mass is 10.1. The zero-order valence-electron chi connectivity index (χ0n) is 10.3. The molecule has 2 aromatic rings. The molecule has 0 radical (unpaired) electrons. The highest BCUT2D eigenvalue weighted by Crippen LogP contribution is 2.22. The molecule has 0 aliphatic heterocycles. The van der Waals surface area contributed by atoms with Crippen LogP contribution < -0.4 is 0 Å². The first-order valence-electron chi connectivity index (χ1n) is 5.67. The molecular formula is C14H14ClNO2. The van der Waals surface area contributed by atoms with E-state index in [0.29, 0.717) is 0 Å². The summed E-state index contributed by atoms with van der Waals surface area (Å²) in [5.74, 6) is 0.0727. The van der Waals surface area contributed by atoms with E-state index in [-0.39, 0.29) is 22.9 Å². The van der Waals surface area contributed by atoms with E-state index in [1.165, 1.54) is 0 Å². The van der Waals surface area contributed by atoms with Gasteiger partial charge in [-0.25, -0.2) is 0 Å². The summed E-state index contributed by atoms with van der Waals surface area (Å²) in [5, 5.41) is 0.221. The summed E-state index contributed by atoms with van der Waals surface area (Å²) in [6, 6.07) is 13.0. The molecule has 1 heterocycles. The van der Waals surface area contributed by atoms with Crippen LogP contribution in [0.25, 0.3) is 0 Å². The molecule has 0 bridgehead atoms. The molecule has 3 nitrogen and oxygen atoms in total. The van der Waals surface area contributed by atoms with Crippen molar-refractivity contribution in [2.24, 2.45) is 0 Å². The van der Waals surface area contributed by atoms with Crippen molar-refractivity contribution in [3.8, 4) is 0 Å². The maximum Gasteiger partial charge on any atom is 0.289 e. The second kappa shape index (κ2) is 5.27. The molecule has 2 rings (SSSR count). The number of carbonyl (C=O) groups is 1. The zero-order valence-corrected chi connectivity index (χ0v) is 11.0. The number of hydrogen-bond donors (Lipinski definition) is 0. The molecule has 0 N–H and O–H groups in total. The minimum absolute atomic E-state index is 0.0254. The Kier molecular flexibility index (Phi) is 3.72. The van der Waals surface area contributed by atoms with Crippen molar-refractivity contribution in [3.05, 3.63) is 59.0 Å². The van der Waals surface area contributed by atoms with Crippen molar-refractivity contribution < 1.29 is 9.21 Å².